The molecule has 2 rings (SSSR count). The molecule has 1 aliphatic heterocycles. The molecule has 21 heavy (non-hydrogen) atoms. The standard InChI is InChI=1S/C14H18O7/c1-18-9-5-3-8(4-6-9)13(17)21-12-11(16)10(15)7-20-14(12)19-2/h3-6,10-12,14-16H,7H2,1-2H3/t10-,11+,12-,14-/m1/s1. The molecule has 1 fully saturated rings. The van der Waals surface area contributed by atoms with Gasteiger partial charge in [-0.2, -0.15) is 0 Å². The molecule has 7 nitrogen and oxygen atoms in total. The minimum atomic E-state index is -1.27. The highest BCUT2D eigenvalue weighted by atomic mass is 16.7. The van der Waals surface area contributed by atoms with Gasteiger partial charge in [0.2, 0.25) is 0 Å². The zero-order valence-electron chi connectivity index (χ0n) is 11.8. The molecule has 2 N–H and O–H groups in total. The van der Waals surface area contributed by atoms with Crippen LogP contribution in [0.5, 0.6) is 5.75 Å². The Hall–Kier alpha value is -1.67. The molecule has 0 bridgehead atoms. The van der Waals surface area contributed by atoms with Crippen LogP contribution in [-0.2, 0) is 14.2 Å². The van der Waals surface area contributed by atoms with Crippen LogP contribution in [0.2, 0.25) is 0 Å². The molecular formula is C14H18O7. The van der Waals surface area contributed by atoms with Crippen LogP contribution in [0.25, 0.3) is 0 Å². The van der Waals surface area contributed by atoms with E-state index < -0.39 is 30.6 Å². The molecule has 0 spiro atoms. The molecule has 0 amide bonds. The van der Waals surface area contributed by atoms with E-state index in [9.17, 15) is 15.0 Å². The first-order chi connectivity index (χ1) is 10.1. The van der Waals surface area contributed by atoms with Crippen LogP contribution in [0.3, 0.4) is 0 Å². The zero-order chi connectivity index (χ0) is 15.4. The summed E-state index contributed by atoms with van der Waals surface area (Å²) in [5, 5.41) is 19.5. The highest BCUT2D eigenvalue weighted by molar-refractivity contribution is 5.89. The number of benzene rings is 1. The van der Waals surface area contributed by atoms with Gasteiger partial charge in [0, 0.05) is 7.11 Å². The summed E-state index contributed by atoms with van der Waals surface area (Å²) in [4.78, 5) is 12.1. The van der Waals surface area contributed by atoms with Gasteiger partial charge >= 0.3 is 5.97 Å². The molecule has 1 aromatic rings. The van der Waals surface area contributed by atoms with E-state index in [2.05, 4.69) is 0 Å². The molecule has 4 atom stereocenters. The van der Waals surface area contributed by atoms with Gasteiger partial charge in [0.15, 0.2) is 12.4 Å². The van der Waals surface area contributed by atoms with Crippen LogP contribution >= 0.6 is 0 Å². The van der Waals surface area contributed by atoms with E-state index in [0.29, 0.717) is 5.75 Å². The van der Waals surface area contributed by atoms with Crippen LogP contribution in [0, 0.1) is 0 Å². The van der Waals surface area contributed by atoms with Crippen LogP contribution in [0.1, 0.15) is 10.4 Å². The lowest BCUT2D eigenvalue weighted by Gasteiger charge is -2.36. The normalized spacial score (nSPS) is 29.0. The molecule has 7 heteroatoms. The second-order valence-electron chi connectivity index (χ2n) is 4.59. The van der Waals surface area contributed by atoms with Crippen molar-refractivity contribution in [3.8, 4) is 5.75 Å². The number of aliphatic hydroxyl groups excluding tert-OH is 2. The second-order valence-corrected chi connectivity index (χ2v) is 4.59. The van der Waals surface area contributed by atoms with Gasteiger partial charge in [0.05, 0.1) is 19.3 Å². The molecular weight excluding hydrogens is 280 g/mol. The van der Waals surface area contributed by atoms with Gasteiger partial charge in [-0.05, 0) is 24.3 Å². The summed E-state index contributed by atoms with van der Waals surface area (Å²) in [6.45, 7) is -0.0870. The average molecular weight is 298 g/mol. The van der Waals surface area contributed by atoms with E-state index in [1.165, 1.54) is 26.4 Å². The Balaban J connectivity index is 2.08. The fourth-order valence-corrected chi connectivity index (χ4v) is 2.01. The second kappa shape index (κ2) is 6.86. The largest absolute Gasteiger partial charge is 0.497 e. The number of hydrogen-bond acceptors (Lipinski definition) is 7. The third-order valence-corrected chi connectivity index (χ3v) is 3.23. The number of carbonyl (C=O) groups is 1. The Kier molecular flexibility index (Phi) is 5.13. The van der Waals surface area contributed by atoms with Crippen molar-refractivity contribution in [2.45, 2.75) is 24.6 Å². The van der Waals surface area contributed by atoms with Gasteiger partial charge in [0.25, 0.3) is 0 Å². The van der Waals surface area contributed by atoms with Gasteiger partial charge in [-0.15, -0.1) is 0 Å². The van der Waals surface area contributed by atoms with E-state index in [1.54, 1.807) is 12.1 Å². The maximum Gasteiger partial charge on any atom is 0.338 e. The SMILES string of the molecule is COc1ccc(C(=O)O[C@H]2[C@H](OC)OC[C@@H](O)[C@@H]2O)cc1. The number of aliphatic hydroxyl groups is 2. The minimum absolute atomic E-state index is 0.0870. The zero-order valence-corrected chi connectivity index (χ0v) is 11.8. The highest BCUT2D eigenvalue weighted by Gasteiger charge is 2.41. The molecule has 116 valence electrons. The van der Waals surface area contributed by atoms with Crippen molar-refractivity contribution in [3.63, 3.8) is 0 Å². The van der Waals surface area contributed by atoms with Gasteiger partial charge in [-0.3, -0.25) is 0 Å². The van der Waals surface area contributed by atoms with Gasteiger partial charge in [0.1, 0.15) is 18.0 Å². The molecule has 0 unspecified atom stereocenters. The summed E-state index contributed by atoms with van der Waals surface area (Å²) in [6.07, 6.45) is -4.44. The first-order valence-corrected chi connectivity index (χ1v) is 6.42. The van der Waals surface area contributed by atoms with Crippen LogP contribution in [0.4, 0.5) is 0 Å². The molecule has 1 heterocycles. The Morgan fingerprint density at radius 2 is 1.90 bits per heavy atom. The first-order valence-electron chi connectivity index (χ1n) is 6.42. The third-order valence-electron chi connectivity index (χ3n) is 3.23. The molecule has 0 saturated carbocycles. The number of carbonyl (C=O) groups excluding carboxylic acids is 1. The predicted octanol–water partition coefficient (Wildman–Crippen LogP) is -0.0549. The van der Waals surface area contributed by atoms with E-state index >= 15 is 0 Å². The maximum absolute atomic E-state index is 12.1. The van der Waals surface area contributed by atoms with Crippen molar-refractivity contribution in [3.05, 3.63) is 29.8 Å². The fourth-order valence-electron chi connectivity index (χ4n) is 2.01. The van der Waals surface area contributed by atoms with Crippen LogP contribution in [0.15, 0.2) is 24.3 Å². The Morgan fingerprint density at radius 3 is 2.48 bits per heavy atom. The summed E-state index contributed by atoms with van der Waals surface area (Å²) in [5.41, 5.74) is 0.290. The van der Waals surface area contributed by atoms with Crippen molar-refractivity contribution in [1.29, 1.82) is 0 Å². The summed E-state index contributed by atoms with van der Waals surface area (Å²) >= 11 is 0. The van der Waals surface area contributed by atoms with E-state index in [1.807, 2.05) is 0 Å². The summed E-state index contributed by atoms with van der Waals surface area (Å²) in [7, 11) is 2.89. The average Bonchev–Trinajstić information content (AvgIpc) is 2.52. The monoisotopic (exact) mass is 298 g/mol. The number of rotatable bonds is 4. The molecule has 1 aliphatic rings. The molecule has 1 saturated heterocycles. The van der Waals surface area contributed by atoms with Crippen LogP contribution < -0.4 is 4.74 Å². The first kappa shape index (κ1) is 15.7. The lowest BCUT2D eigenvalue weighted by atomic mass is 10.1. The predicted molar refractivity (Wildman–Crippen MR) is 71.0 cm³/mol. The molecule has 0 radical (unpaired) electrons. The molecule has 0 aromatic heterocycles. The van der Waals surface area contributed by atoms with Crippen molar-refractivity contribution < 1.29 is 34.0 Å². The molecule has 1 aromatic carbocycles. The van der Waals surface area contributed by atoms with Crippen molar-refractivity contribution in [2.75, 3.05) is 20.8 Å². The van der Waals surface area contributed by atoms with E-state index in [4.69, 9.17) is 18.9 Å². The van der Waals surface area contributed by atoms with E-state index in [-0.39, 0.29) is 12.2 Å². The number of esters is 1. The van der Waals surface area contributed by atoms with Crippen molar-refractivity contribution in [1.82, 2.24) is 0 Å². The van der Waals surface area contributed by atoms with Gasteiger partial charge < -0.3 is 29.2 Å². The minimum Gasteiger partial charge on any atom is -0.497 e. The number of ether oxygens (including phenoxy) is 4. The summed E-state index contributed by atoms with van der Waals surface area (Å²) in [6, 6.07) is 6.31. The van der Waals surface area contributed by atoms with Gasteiger partial charge in [-0.1, -0.05) is 0 Å². The maximum atomic E-state index is 12.1. The Bertz CT molecular complexity index is 471. The molecule has 0 aliphatic carbocycles. The fraction of sp³-hybridized carbons (Fsp3) is 0.500. The Labute approximate surface area is 122 Å². The summed E-state index contributed by atoms with van der Waals surface area (Å²) in [5.74, 6) is -0.0424. The topological polar surface area (TPSA) is 94.5 Å². The lowest BCUT2D eigenvalue weighted by molar-refractivity contribution is -0.261. The number of methoxy groups -OCH3 is 2. The number of hydrogen-bond donors (Lipinski definition) is 2. The van der Waals surface area contributed by atoms with Gasteiger partial charge in [-0.25, -0.2) is 4.79 Å². The van der Waals surface area contributed by atoms with Crippen molar-refractivity contribution in [2.24, 2.45) is 0 Å². The highest BCUT2D eigenvalue weighted by Crippen LogP contribution is 2.21. The third kappa shape index (κ3) is 3.51. The smallest absolute Gasteiger partial charge is 0.338 e. The quantitative estimate of drug-likeness (QED) is 0.752. The van der Waals surface area contributed by atoms with Crippen LogP contribution in [-0.4, -0.2) is 61.6 Å². The van der Waals surface area contributed by atoms with E-state index in [0.717, 1.165) is 0 Å². The van der Waals surface area contributed by atoms with Crippen molar-refractivity contribution >= 4 is 5.97 Å². The Morgan fingerprint density at radius 1 is 1.24 bits per heavy atom. The summed E-state index contributed by atoms with van der Waals surface area (Å²) < 4.78 is 20.4. The lowest BCUT2D eigenvalue weighted by Crippen LogP contribution is -2.55.